The van der Waals surface area contributed by atoms with Crippen LogP contribution in [0.3, 0.4) is 0 Å². The van der Waals surface area contributed by atoms with Crippen LogP contribution in [0.1, 0.15) is 56.5 Å². The number of hydrogen-bond donors (Lipinski definition) is 0. The normalized spacial score (nSPS) is 24.5. The van der Waals surface area contributed by atoms with Crippen molar-refractivity contribution in [3.63, 3.8) is 0 Å². The number of amides is 1. The first kappa shape index (κ1) is 17.9. The fourth-order valence-electron chi connectivity index (χ4n) is 3.86. The molecule has 1 amide bonds. The van der Waals surface area contributed by atoms with Crippen LogP contribution in [-0.2, 0) is 14.3 Å². The Morgan fingerprint density at radius 1 is 1.28 bits per heavy atom. The number of carbonyl (C=O) groups excluding carboxylic acids is 2. The molecule has 2 aliphatic heterocycles. The Hall–Kier alpha value is -1.89. The van der Waals surface area contributed by atoms with Crippen molar-refractivity contribution in [1.82, 2.24) is 15.0 Å². The van der Waals surface area contributed by atoms with Crippen LogP contribution in [0.2, 0.25) is 0 Å². The summed E-state index contributed by atoms with van der Waals surface area (Å²) in [5.74, 6) is 0.545. The number of aryl methyl sites for hydroxylation is 1. The molecule has 0 unspecified atom stereocenters. The van der Waals surface area contributed by atoms with E-state index in [1.807, 2.05) is 13.0 Å². The number of esters is 1. The SMILES string of the molecule is CCOC(=O)[C@H]1CCCCN1C(=O)CN1CCC[C@@H]1c1cc(C)no1. The van der Waals surface area contributed by atoms with Crippen molar-refractivity contribution in [3.8, 4) is 0 Å². The van der Waals surface area contributed by atoms with Gasteiger partial charge >= 0.3 is 5.97 Å². The second-order valence-electron chi connectivity index (χ2n) is 6.85. The molecule has 0 spiro atoms. The van der Waals surface area contributed by atoms with Crippen LogP contribution in [0.25, 0.3) is 0 Å². The minimum atomic E-state index is -0.435. The van der Waals surface area contributed by atoms with E-state index in [0.29, 0.717) is 26.1 Å². The van der Waals surface area contributed by atoms with E-state index in [1.54, 1.807) is 11.8 Å². The molecule has 7 heteroatoms. The highest BCUT2D eigenvalue weighted by Gasteiger charge is 2.36. The number of piperidine rings is 1. The van der Waals surface area contributed by atoms with Crippen LogP contribution in [-0.4, -0.2) is 59.1 Å². The average Bonchev–Trinajstić information content (AvgIpc) is 3.23. The first-order valence-corrected chi connectivity index (χ1v) is 9.23. The molecule has 0 aromatic carbocycles. The molecule has 25 heavy (non-hydrogen) atoms. The van der Waals surface area contributed by atoms with Crippen molar-refractivity contribution in [1.29, 1.82) is 0 Å². The first-order valence-electron chi connectivity index (χ1n) is 9.23. The summed E-state index contributed by atoms with van der Waals surface area (Å²) in [5.41, 5.74) is 0.853. The average molecular weight is 349 g/mol. The number of ether oxygens (including phenoxy) is 1. The van der Waals surface area contributed by atoms with Gasteiger partial charge in [-0.3, -0.25) is 9.69 Å². The van der Waals surface area contributed by atoms with E-state index in [-0.39, 0.29) is 17.9 Å². The Balaban J connectivity index is 1.66. The van der Waals surface area contributed by atoms with E-state index in [2.05, 4.69) is 10.1 Å². The van der Waals surface area contributed by atoms with Gasteiger partial charge in [-0.2, -0.15) is 0 Å². The third-order valence-electron chi connectivity index (χ3n) is 5.06. The van der Waals surface area contributed by atoms with Crippen LogP contribution in [0.15, 0.2) is 10.6 Å². The van der Waals surface area contributed by atoms with Crippen LogP contribution in [0.5, 0.6) is 0 Å². The molecule has 1 aromatic heterocycles. The van der Waals surface area contributed by atoms with E-state index in [4.69, 9.17) is 9.26 Å². The van der Waals surface area contributed by atoms with Gasteiger partial charge < -0.3 is 14.2 Å². The third-order valence-corrected chi connectivity index (χ3v) is 5.06. The summed E-state index contributed by atoms with van der Waals surface area (Å²) in [6.45, 7) is 5.82. The number of aromatic nitrogens is 1. The van der Waals surface area contributed by atoms with Gasteiger partial charge in [-0.25, -0.2) is 4.79 Å². The van der Waals surface area contributed by atoms with Crippen molar-refractivity contribution in [2.45, 2.75) is 58.0 Å². The molecular weight excluding hydrogens is 322 g/mol. The maximum absolute atomic E-state index is 12.9. The number of likely N-dealkylation sites (tertiary alicyclic amines) is 2. The summed E-state index contributed by atoms with van der Waals surface area (Å²) in [5, 5.41) is 3.96. The van der Waals surface area contributed by atoms with Gasteiger partial charge in [-0.1, -0.05) is 5.16 Å². The molecule has 0 bridgehead atoms. The second-order valence-corrected chi connectivity index (χ2v) is 6.85. The van der Waals surface area contributed by atoms with E-state index < -0.39 is 6.04 Å². The van der Waals surface area contributed by atoms with Crippen LogP contribution < -0.4 is 0 Å². The molecule has 3 heterocycles. The first-order chi connectivity index (χ1) is 12.1. The zero-order chi connectivity index (χ0) is 17.8. The molecule has 0 aliphatic carbocycles. The fourth-order valence-corrected chi connectivity index (χ4v) is 3.86. The molecule has 2 fully saturated rings. The molecule has 0 N–H and O–H groups in total. The molecule has 3 rings (SSSR count). The summed E-state index contributed by atoms with van der Waals surface area (Å²) in [6.07, 6.45) is 4.57. The van der Waals surface area contributed by atoms with Crippen molar-refractivity contribution < 1.29 is 18.8 Å². The predicted octanol–water partition coefficient (Wildman–Crippen LogP) is 2.06. The topological polar surface area (TPSA) is 75.9 Å². The quantitative estimate of drug-likeness (QED) is 0.758. The maximum atomic E-state index is 12.9. The summed E-state index contributed by atoms with van der Waals surface area (Å²) in [4.78, 5) is 28.9. The van der Waals surface area contributed by atoms with Crippen LogP contribution >= 0.6 is 0 Å². The molecule has 2 saturated heterocycles. The van der Waals surface area contributed by atoms with Crippen molar-refractivity contribution in [2.24, 2.45) is 0 Å². The largest absolute Gasteiger partial charge is 0.464 e. The monoisotopic (exact) mass is 349 g/mol. The Labute approximate surface area is 148 Å². The number of hydrogen-bond acceptors (Lipinski definition) is 6. The van der Waals surface area contributed by atoms with E-state index in [1.165, 1.54) is 0 Å². The highest BCUT2D eigenvalue weighted by Crippen LogP contribution is 2.32. The standard InChI is InChI=1S/C18H27N3O4/c1-3-24-18(23)15-7-4-5-10-21(15)17(22)12-20-9-6-8-14(20)16-11-13(2)19-25-16/h11,14-15H,3-10,12H2,1-2H3/t14-,15-/m1/s1. The molecular formula is C18H27N3O4. The van der Waals surface area contributed by atoms with Gasteiger partial charge in [0.2, 0.25) is 5.91 Å². The van der Waals surface area contributed by atoms with Crippen molar-refractivity contribution >= 4 is 11.9 Å². The van der Waals surface area contributed by atoms with Gasteiger partial charge in [0.05, 0.1) is 24.9 Å². The number of nitrogens with zero attached hydrogens (tertiary/aromatic N) is 3. The lowest BCUT2D eigenvalue weighted by Gasteiger charge is -2.35. The minimum absolute atomic E-state index is 0.000824. The third kappa shape index (κ3) is 4.03. The van der Waals surface area contributed by atoms with Gasteiger partial charge in [-0.05, 0) is 52.5 Å². The Morgan fingerprint density at radius 2 is 2.12 bits per heavy atom. The van der Waals surface area contributed by atoms with Crippen molar-refractivity contribution in [3.05, 3.63) is 17.5 Å². The molecule has 0 radical (unpaired) electrons. The van der Waals surface area contributed by atoms with Crippen LogP contribution in [0, 0.1) is 6.92 Å². The minimum Gasteiger partial charge on any atom is -0.464 e. The summed E-state index contributed by atoms with van der Waals surface area (Å²) >= 11 is 0. The Morgan fingerprint density at radius 3 is 2.84 bits per heavy atom. The summed E-state index contributed by atoms with van der Waals surface area (Å²) in [6, 6.07) is 1.60. The summed E-state index contributed by atoms with van der Waals surface area (Å²) in [7, 11) is 0. The van der Waals surface area contributed by atoms with Gasteiger partial charge in [0.25, 0.3) is 0 Å². The Kier molecular flexibility index (Phi) is 5.73. The van der Waals surface area contributed by atoms with Crippen LogP contribution in [0.4, 0.5) is 0 Å². The zero-order valence-corrected chi connectivity index (χ0v) is 15.1. The smallest absolute Gasteiger partial charge is 0.328 e. The lowest BCUT2D eigenvalue weighted by Crippen LogP contribution is -2.51. The predicted molar refractivity (Wildman–Crippen MR) is 90.8 cm³/mol. The number of carbonyl (C=O) groups is 2. The molecule has 2 aliphatic rings. The van der Waals surface area contributed by atoms with E-state index in [9.17, 15) is 9.59 Å². The van der Waals surface area contributed by atoms with Gasteiger partial charge in [0.15, 0.2) is 5.76 Å². The van der Waals surface area contributed by atoms with Gasteiger partial charge in [0.1, 0.15) is 6.04 Å². The lowest BCUT2D eigenvalue weighted by molar-refractivity contribution is -0.157. The van der Waals surface area contributed by atoms with E-state index >= 15 is 0 Å². The van der Waals surface area contributed by atoms with Crippen molar-refractivity contribution in [2.75, 3.05) is 26.2 Å². The second kappa shape index (κ2) is 7.99. The lowest BCUT2D eigenvalue weighted by atomic mass is 10.0. The zero-order valence-electron chi connectivity index (χ0n) is 15.1. The molecule has 7 nitrogen and oxygen atoms in total. The van der Waals surface area contributed by atoms with E-state index in [0.717, 1.165) is 43.7 Å². The summed E-state index contributed by atoms with van der Waals surface area (Å²) < 4.78 is 10.6. The fraction of sp³-hybridized carbons (Fsp3) is 0.722. The Bertz CT molecular complexity index is 615. The van der Waals surface area contributed by atoms with Gasteiger partial charge in [0, 0.05) is 12.6 Å². The van der Waals surface area contributed by atoms with Gasteiger partial charge in [-0.15, -0.1) is 0 Å². The molecule has 138 valence electrons. The molecule has 0 saturated carbocycles. The molecule has 2 atom stereocenters. The highest BCUT2D eigenvalue weighted by atomic mass is 16.5. The maximum Gasteiger partial charge on any atom is 0.328 e. The highest BCUT2D eigenvalue weighted by molar-refractivity contribution is 5.85. The number of rotatable bonds is 5. The molecule has 1 aromatic rings.